The minimum absolute atomic E-state index is 0.273. The molecule has 0 radical (unpaired) electrons. The zero-order valence-corrected chi connectivity index (χ0v) is 10.7. The summed E-state index contributed by atoms with van der Waals surface area (Å²) in [6.07, 6.45) is 3.92. The molecule has 0 bridgehead atoms. The first kappa shape index (κ1) is 13.4. The van der Waals surface area contributed by atoms with Crippen molar-refractivity contribution in [1.29, 1.82) is 0 Å². The summed E-state index contributed by atoms with van der Waals surface area (Å²) >= 11 is 0. The molecule has 1 atom stereocenters. The van der Waals surface area contributed by atoms with E-state index in [0.29, 0.717) is 12.1 Å². The lowest BCUT2D eigenvalue weighted by atomic mass is 9.85. The Balaban J connectivity index is 1.89. The van der Waals surface area contributed by atoms with Crippen LogP contribution in [0.3, 0.4) is 0 Å². The molecule has 1 aromatic rings. The highest BCUT2D eigenvalue weighted by Crippen LogP contribution is 2.27. The van der Waals surface area contributed by atoms with Crippen LogP contribution in [0.25, 0.3) is 0 Å². The smallest absolute Gasteiger partial charge is 0.159 e. The van der Waals surface area contributed by atoms with Gasteiger partial charge in [-0.15, -0.1) is 0 Å². The third-order valence-corrected chi connectivity index (χ3v) is 3.67. The van der Waals surface area contributed by atoms with Crippen molar-refractivity contribution in [2.75, 3.05) is 20.1 Å². The molecule has 2 nitrogen and oxygen atoms in total. The lowest BCUT2D eigenvalue weighted by molar-refractivity contribution is 0.198. The van der Waals surface area contributed by atoms with Crippen molar-refractivity contribution in [3.8, 4) is 0 Å². The first-order chi connectivity index (χ1) is 8.56. The summed E-state index contributed by atoms with van der Waals surface area (Å²) < 4.78 is 25.9. The molecule has 1 saturated carbocycles. The molecule has 2 rings (SSSR count). The van der Waals surface area contributed by atoms with Crippen molar-refractivity contribution in [2.24, 2.45) is 11.7 Å². The number of nitrogens with zero attached hydrogens (tertiary/aromatic N) is 1. The molecule has 100 valence electrons. The Morgan fingerprint density at radius 2 is 2.06 bits per heavy atom. The Hall–Kier alpha value is -1.00. The summed E-state index contributed by atoms with van der Waals surface area (Å²) in [5, 5.41) is 0. The van der Waals surface area contributed by atoms with Gasteiger partial charge in [0.25, 0.3) is 0 Å². The van der Waals surface area contributed by atoms with Crippen molar-refractivity contribution < 1.29 is 8.78 Å². The van der Waals surface area contributed by atoms with Crippen LogP contribution < -0.4 is 5.73 Å². The van der Waals surface area contributed by atoms with Crippen LogP contribution in [0.15, 0.2) is 18.2 Å². The standard InChI is InChI=1S/C14H20F2N2/c1-18(8-10-3-2-4-10)9-14(17)11-5-6-12(15)13(16)7-11/h5-7,10,14H,2-4,8-9,17H2,1H3. The van der Waals surface area contributed by atoms with Crippen molar-refractivity contribution >= 4 is 0 Å². The molecule has 0 saturated heterocycles. The fourth-order valence-electron chi connectivity index (χ4n) is 2.37. The number of hydrogen-bond acceptors (Lipinski definition) is 2. The lowest BCUT2D eigenvalue weighted by Gasteiger charge is -2.31. The second kappa shape index (κ2) is 5.76. The average molecular weight is 254 g/mol. The van der Waals surface area contributed by atoms with Crippen LogP contribution in [0, 0.1) is 17.6 Å². The lowest BCUT2D eigenvalue weighted by Crippen LogP contribution is -2.34. The molecule has 0 spiro atoms. The highest BCUT2D eigenvalue weighted by molar-refractivity contribution is 5.21. The van der Waals surface area contributed by atoms with Crippen LogP contribution in [0.4, 0.5) is 8.78 Å². The second-order valence-corrected chi connectivity index (χ2v) is 5.30. The van der Waals surface area contributed by atoms with Crippen LogP contribution in [0.2, 0.25) is 0 Å². The third kappa shape index (κ3) is 3.27. The Labute approximate surface area is 107 Å². The van der Waals surface area contributed by atoms with Gasteiger partial charge in [-0.05, 0) is 43.5 Å². The maximum Gasteiger partial charge on any atom is 0.159 e. The normalized spacial score (nSPS) is 17.8. The van der Waals surface area contributed by atoms with Crippen molar-refractivity contribution in [2.45, 2.75) is 25.3 Å². The number of benzene rings is 1. The minimum atomic E-state index is -0.829. The highest BCUT2D eigenvalue weighted by atomic mass is 19.2. The maximum absolute atomic E-state index is 13.1. The Morgan fingerprint density at radius 1 is 1.33 bits per heavy atom. The van der Waals surface area contributed by atoms with Crippen LogP contribution >= 0.6 is 0 Å². The number of likely N-dealkylation sites (N-methyl/N-ethyl adjacent to an activating group) is 1. The van der Waals surface area contributed by atoms with E-state index in [1.54, 1.807) is 6.07 Å². The van der Waals surface area contributed by atoms with E-state index < -0.39 is 11.6 Å². The largest absolute Gasteiger partial charge is 0.323 e. The van der Waals surface area contributed by atoms with Crippen LogP contribution in [-0.4, -0.2) is 25.0 Å². The fourth-order valence-corrected chi connectivity index (χ4v) is 2.37. The van der Waals surface area contributed by atoms with Crippen molar-refractivity contribution in [3.05, 3.63) is 35.4 Å². The van der Waals surface area contributed by atoms with Gasteiger partial charge in [-0.2, -0.15) is 0 Å². The van der Waals surface area contributed by atoms with Gasteiger partial charge in [0, 0.05) is 19.1 Å². The number of halogens is 2. The Bertz CT molecular complexity index is 405. The summed E-state index contributed by atoms with van der Waals surface area (Å²) in [5.74, 6) is -0.870. The molecule has 1 fully saturated rings. The molecule has 4 heteroatoms. The van der Waals surface area contributed by atoms with Gasteiger partial charge in [0.05, 0.1) is 0 Å². The molecule has 1 aromatic carbocycles. The van der Waals surface area contributed by atoms with E-state index in [-0.39, 0.29) is 6.04 Å². The quantitative estimate of drug-likeness (QED) is 0.875. The van der Waals surface area contributed by atoms with E-state index in [0.717, 1.165) is 18.5 Å². The van der Waals surface area contributed by atoms with Gasteiger partial charge < -0.3 is 10.6 Å². The maximum atomic E-state index is 13.1. The van der Waals surface area contributed by atoms with E-state index in [9.17, 15) is 8.78 Å². The minimum Gasteiger partial charge on any atom is -0.323 e. The predicted octanol–water partition coefficient (Wildman–Crippen LogP) is 2.70. The van der Waals surface area contributed by atoms with Gasteiger partial charge in [-0.1, -0.05) is 12.5 Å². The molecule has 1 aliphatic rings. The summed E-state index contributed by atoms with van der Waals surface area (Å²) in [4.78, 5) is 2.18. The molecule has 1 unspecified atom stereocenters. The van der Waals surface area contributed by atoms with E-state index in [4.69, 9.17) is 5.73 Å². The van der Waals surface area contributed by atoms with Crippen LogP contribution in [0.1, 0.15) is 30.9 Å². The molecular formula is C14H20F2N2. The molecule has 2 N–H and O–H groups in total. The van der Waals surface area contributed by atoms with Gasteiger partial charge in [0.15, 0.2) is 11.6 Å². The SMILES string of the molecule is CN(CC1CCC1)CC(N)c1ccc(F)c(F)c1. The summed E-state index contributed by atoms with van der Waals surface area (Å²) in [6, 6.07) is 3.61. The Morgan fingerprint density at radius 3 is 2.61 bits per heavy atom. The molecule has 0 amide bonds. The zero-order chi connectivity index (χ0) is 13.1. The second-order valence-electron chi connectivity index (χ2n) is 5.30. The van der Waals surface area contributed by atoms with Crippen molar-refractivity contribution in [3.63, 3.8) is 0 Å². The van der Waals surface area contributed by atoms with Gasteiger partial charge in [0.1, 0.15) is 0 Å². The molecule has 1 aliphatic carbocycles. The van der Waals surface area contributed by atoms with E-state index >= 15 is 0 Å². The number of hydrogen-bond donors (Lipinski definition) is 1. The first-order valence-corrected chi connectivity index (χ1v) is 6.45. The zero-order valence-electron chi connectivity index (χ0n) is 10.7. The monoisotopic (exact) mass is 254 g/mol. The number of nitrogens with two attached hydrogens (primary N) is 1. The molecule has 0 aromatic heterocycles. The van der Waals surface area contributed by atoms with E-state index in [2.05, 4.69) is 4.90 Å². The molecule has 0 aliphatic heterocycles. The van der Waals surface area contributed by atoms with Crippen molar-refractivity contribution in [1.82, 2.24) is 4.90 Å². The number of rotatable bonds is 5. The van der Waals surface area contributed by atoms with Gasteiger partial charge in [0.2, 0.25) is 0 Å². The predicted molar refractivity (Wildman–Crippen MR) is 68.1 cm³/mol. The van der Waals surface area contributed by atoms with Crippen LogP contribution in [0.5, 0.6) is 0 Å². The van der Waals surface area contributed by atoms with Crippen LogP contribution in [-0.2, 0) is 0 Å². The van der Waals surface area contributed by atoms with Gasteiger partial charge in [-0.3, -0.25) is 0 Å². The molecule has 0 heterocycles. The van der Waals surface area contributed by atoms with E-state index in [1.165, 1.54) is 25.3 Å². The average Bonchev–Trinajstić information content (AvgIpc) is 2.27. The molecular weight excluding hydrogens is 234 g/mol. The van der Waals surface area contributed by atoms with Gasteiger partial charge >= 0.3 is 0 Å². The summed E-state index contributed by atoms with van der Waals surface area (Å²) in [6.45, 7) is 1.71. The summed E-state index contributed by atoms with van der Waals surface area (Å²) in [7, 11) is 2.03. The summed E-state index contributed by atoms with van der Waals surface area (Å²) in [5.41, 5.74) is 6.67. The first-order valence-electron chi connectivity index (χ1n) is 6.45. The topological polar surface area (TPSA) is 29.3 Å². The third-order valence-electron chi connectivity index (χ3n) is 3.67. The van der Waals surface area contributed by atoms with Gasteiger partial charge in [-0.25, -0.2) is 8.78 Å². The highest BCUT2D eigenvalue weighted by Gasteiger charge is 2.20. The molecule has 18 heavy (non-hydrogen) atoms. The fraction of sp³-hybridized carbons (Fsp3) is 0.571. The van der Waals surface area contributed by atoms with E-state index in [1.807, 2.05) is 7.05 Å². The Kier molecular flexibility index (Phi) is 4.30.